The molecule has 0 spiro atoms. The van der Waals surface area contributed by atoms with Crippen molar-refractivity contribution in [2.24, 2.45) is 0 Å². The highest BCUT2D eigenvalue weighted by atomic mass is 19.1. The van der Waals surface area contributed by atoms with Crippen LogP contribution in [0.2, 0.25) is 0 Å². The van der Waals surface area contributed by atoms with Crippen molar-refractivity contribution in [1.82, 2.24) is 14.8 Å². The van der Waals surface area contributed by atoms with Crippen LogP contribution in [-0.2, 0) is 17.8 Å². The molecule has 0 radical (unpaired) electrons. The van der Waals surface area contributed by atoms with Gasteiger partial charge in [0.25, 0.3) is 5.91 Å². The minimum absolute atomic E-state index is 0.0355. The minimum Gasteiger partial charge on any atom is -0.503 e. The first-order valence-electron chi connectivity index (χ1n) is 12.1. The van der Waals surface area contributed by atoms with Gasteiger partial charge in [-0.1, -0.05) is 13.0 Å². The van der Waals surface area contributed by atoms with E-state index in [9.17, 15) is 28.3 Å². The van der Waals surface area contributed by atoms with Crippen LogP contribution >= 0.6 is 0 Å². The Morgan fingerprint density at radius 3 is 2.58 bits per heavy atom. The summed E-state index contributed by atoms with van der Waals surface area (Å²) in [6.45, 7) is 5.32. The fourth-order valence-electron chi connectivity index (χ4n) is 4.86. The number of amides is 1. The van der Waals surface area contributed by atoms with Crippen LogP contribution < -0.4 is 10.7 Å². The Hall–Kier alpha value is -3.11. The number of aromatic hydroxyl groups is 1. The number of nitrogens with one attached hydrogen (secondary N) is 1. The van der Waals surface area contributed by atoms with Gasteiger partial charge in [-0.15, -0.1) is 0 Å². The van der Waals surface area contributed by atoms with Crippen molar-refractivity contribution >= 4 is 12.2 Å². The molecule has 1 saturated carbocycles. The Morgan fingerprint density at radius 2 is 2.00 bits per heavy atom. The molecule has 2 N–H and O–H groups in total. The van der Waals surface area contributed by atoms with E-state index in [0.717, 1.165) is 38.3 Å². The summed E-state index contributed by atoms with van der Waals surface area (Å²) in [6, 6.07) is 2.95. The van der Waals surface area contributed by atoms with Crippen LogP contribution in [0.5, 0.6) is 5.75 Å². The van der Waals surface area contributed by atoms with Gasteiger partial charge in [0.05, 0.1) is 6.10 Å². The fourth-order valence-corrected chi connectivity index (χ4v) is 4.86. The van der Waals surface area contributed by atoms with Gasteiger partial charge >= 0.3 is 0 Å². The average molecular weight is 506 g/mol. The average Bonchev–Trinajstić information content (AvgIpc) is 2.86. The second-order valence-electron chi connectivity index (χ2n) is 9.16. The summed E-state index contributed by atoms with van der Waals surface area (Å²) < 4.78 is 34.3. The van der Waals surface area contributed by atoms with Crippen molar-refractivity contribution in [2.75, 3.05) is 20.2 Å². The van der Waals surface area contributed by atoms with Crippen molar-refractivity contribution in [2.45, 2.75) is 64.3 Å². The van der Waals surface area contributed by atoms with Crippen LogP contribution in [0.25, 0.3) is 0 Å². The molecule has 3 rings (SSSR count). The number of carbonyl (C=O) groups excluding carboxylic acids is 2. The lowest BCUT2D eigenvalue weighted by molar-refractivity contribution is -0.0224. The van der Waals surface area contributed by atoms with Gasteiger partial charge in [-0.2, -0.15) is 0 Å². The second-order valence-corrected chi connectivity index (χ2v) is 9.16. The predicted octanol–water partition coefficient (Wildman–Crippen LogP) is 3.24. The van der Waals surface area contributed by atoms with E-state index in [4.69, 9.17) is 4.74 Å². The Bertz CT molecular complexity index is 1160. The number of rotatable bonds is 10. The normalized spacial score (nSPS) is 19.9. The van der Waals surface area contributed by atoms with Crippen LogP contribution in [0.3, 0.4) is 0 Å². The number of likely N-dealkylation sites (N-methyl/N-ethyl adjacent to an activating group) is 1. The second kappa shape index (κ2) is 11.7. The van der Waals surface area contributed by atoms with Crippen LogP contribution in [0.1, 0.15) is 65.9 Å². The Balaban J connectivity index is 1.91. The van der Waals surface area contributed by atoms with Gasteiger partial charge in [0.2, 0.25) is 5.43 Å². The highest BCUT2D eigenvalue weighted by molar-refractivity contribution is 5.95. The Morgan fingerprint density at radius 1 is 1.31 bits per heavy atom. The van der Waals surface area contributed by atoms with Crippen LogP contribution in [0.4, 0.5) is 8.78 Å². The quantitative estimate of drug-likeness (QED) is 0.481. The Labute approximate surface area is 208 Å². The lowest BCUT2D eigenvalue weighted by Crippen LogP contribution is -2.53. The molecule has 1 amide bonds. The number of nitrogens with zero attached hydrogens (tertiary/aromatic N) is 2. The SMILES string of the molecule is CCOC1CCC(Cn2cc(C(=O)NCc3ccc(F)cc3F)c(=O)c(O)c2C=O)(N(C)CC)CC1. The van der Waals surface area contributed by atoms with Crippen molar-refractivity contribution in [3.05, 3.63) is 63.1 Å². The third kappa shape index (κ3) is 5.82. The first kappa shape index (κ1) is 27.5. The standard InChI is InChI=1S/C26H33F2N3O5/c1-4-30(3)26(10-8-19(9-11-26)36-5-2)16-31-14-20(23(33)24(34)22(31)15-32)25(35)29-13-17-6-7-18(27)12-21(17)28/h6-7,12,14-15,19,34H,4-5,8-11,13,16H2,1-3H3,(H,29,35). The van der Waals surface area contributed by atoms with Crippen LogP contribution in [0.15, 0.2) is 29.2 Å². The molecule has 0 bridgehead atoms. The molecule has 0 unspecified atom stereocenters. The largest absolute Gasteiger partial charge is 0.503 e. The van der Waals surface area contributed by atoms with Crippen molar-refractivity contribution in [3.8, 4) is 5.75 Å². The van der Waals surface area contributed by atoms with E-state index in [0.29, 0.717) is 19.0 Å². The monoisotopic (exact) mass is 505 g/mol. The first-order chi connectivity index (χ1) is 17.2. The van der Waals surface area contributed by atoms with Gasteiger partial charge in [0.15, 0.2) is 12.0 Å². The molecule has 0 atom stereocenters. The summed E-state index contributed by atoms with van der Waals surface area (Å²) in [4.78, 5) is 39.6. The molecule has 36 heavy (non-hydrogen) atoms. The van der Waals surface area contributed by atoms with Crippen LogP contribution in [-0.4, -0.2) is 58.6 Å². The molecular formula is C26H33F2N3O5. The van der Waals surface area contributed by atoms with E-state index < -0.39 is 28.7 Å². The molecular weight excluding hydrogens is 472 g/mol. The fraction of sp³-hybridized carbons (Fsp3) is 0.500. The predicted molar refractivity (Wildman–Crippen MR) is 130 cm³/mol. The van der Waals surface area contributed by atoms with Gasteiger partial charge in [-0.05, 0) is 52.3 Å². The van der Waals surface area contributed by atoms with E-state index >= 15 is 0 Å². The highest BCUT2D eigenvalue weighted by Crippen LogP contribution is 2.36. The summed E-state index contributed by atoms with van der Waals surface area (Å²) in [7, 11) is 1.98. The molecule has 0 saturated heterocycles. The summed E-state index contributed by atoms with van der Waals surface area (Å²) in [5.74, 6) is -3.24. The molecule has 1 aromatic carbocycles. The summed E-state index contributed by atoms with van der Waals surface area (Å²) in [5.41, 5.74) is -1.93. The maximum Gasteiger partial charge on any atom is 0.257 e. The molecule has 2 aromatic rings. The van der Waals surface area contributed by atoms with Gasteiger partial charge in [-0.25, -0.2) is 8.78 Å². The maximum atomic E-state index is 13.9. The minimum atomic E-state index is -0.997. The van der Waals surface area contributed by atoms with Crippen molar-refractivity contribution in [1.29, 1.82) is 0 Å². The first-order valence-corrected chi connectivity index (χ1v) is 12.1. The van der Waals surface area contributed by atoms with Gasteiger partial charge < -0.3 is 19.7 Å². The number of halogens is 2. The van der Waals surface area contributed by atoms with E-state index in [1.807, 2.05) is 20.9 Å². The number of hydrogen-bond donors (Lipinski definition) is 2. The molecule has 1 aliphatic rings. The van der Waals surface area contributed by atoms with Gasteiger partial charge in [0, 0.05) is 43.1 Å². The summed E-state index contributed by atoms with van der Waals surface area (Å²) in [5, 5.41) is 12.9. The maximum absolute atomic E-state index is 13.9. The number of aldehydes is 1. The van der Waals surface area contributed by atoms with Gasteiger partial charge in [-0.3, -0.25) is 19.3 Å². The van der Waals surface area contributed by atoms with E-state index in [1.54, 1.807) is 0 Å². The summed E-state index contributed by atoms with van der Waals surface area (Å²) >= 11 is 0. The third-order valence-corrected chi connectivity index (χ3v) is 7.12. The number of carbonyl (C=O) groups is 2. The molecule has 1 aromatic heterocycles. The highest BCUT2D eigenvalue weighted by Gasteiger charge is 2.39. The molecule has 1 fully saturated rings. The lowest BCUT2D eigenvalue weighted by Gasteiger charge is -2.47. The zero-order valence-electron chi connectivity index (χ0n) is 20.9. The van der Waals surface area contributed by atoms with Crippen molar-refractivity contribution < 1.29 is 28.2 Å². The van der Waals surface area contributed by atoms with E-state index in [1.165, 1.54) is 16.8 Å². The Kier molecular flexibility index (Phi) is 8.97. The lowest BCUT2D eigenvalue weighted by atomic mass is 9.78. The zero-order valence-corrected chi connectivity index (χ0v) is 20.9. The molecule has 8 nitrogen and oxygen atoms in total. The number of pyridine rings is 1. The number of ether oxygens (including phenoxy) is 1. The summed E-state index contributed by atoms with van der Waals surface area (Å²) in [6.07, 6.45) is 4.97. The molecule has 1 aliphatic carbocycles. The molecule has 10 heteroatoms. The molecule has 196 valence electrons. The number of aromatic nitrogens is 1. The van der Waals surface area contributed by atoms with Gasteiger partial charge in [0.1, 0.15) is 22.9 Å². The molecule has 0 aliphatic heterocycles. The van der Waals surface area contributed by atoms with Crippen LogP contribution in [0, 0.1) is 11.6 Å². The zero-order chi connectivity index (χ0) is 26.5. The smallest absolute Gasteiger partial charge is 0.257 e. The van der Waals surface area contributed by atoms with E-state index in [-0.39, 0.29) is 41.6 Å². The third-order valence-electron chi connectivity index (χ3n) is 7.12. The number of benzene rings is 1. The van der Waals surface area contributed by atoms with E-state index in [2.05, 4.69) is 10.2 Å². The topological polar surface area (TPSA) is 101 Å². The molecule has 1 heterocycles. The number of hydrogen-bond acceptors (Lipinski definition) is 6. The van der Waals surface area contributed by atoms with Crippen molar-refractivity contribution in [3.63, 3.8) is 0 Å².